The highest BCUT2D eigenvalue weighted by atomic mass is 32.2. The van der Waals surface area contributed by atoms with E-state index in [1.807, 2.05) is 35.2 Å². The Balaban J connectivity index is 1.48. The summed E-state index contributed by atoms with van der Waals surface area (Å²) in [6.07, 6.45) is 0. The zero-order valence-corrected chi connectivity index (χ0v) is 17.5. The third-order valence-electron chi connectivity index (χ3n) is 4.84. The van der Waals surface area contributed by atoms with Crippen LogP contribution in [0.15, 0.2) is 59.5 Å². The number of hydrogen-bond acceptors (Lipinski definition) is 6. The molecule has 4 rings (SSSR count). The predicted octanol–water partition coefficient (Wildman–Crippen LogP) is 3.37. The van der Waals surface area contributed by atoms with Crippen molar-refractivity contribution in [1.82, 2.24) is 14.3 Å². The highest BCUT2D eigenvalue weighted by Gasteiger charge is 2.31. The molecule has 1 aliphatic rings. The van der Waals surface area contributed by atoms with E-state index in [0.717, 1.165) is 12.1 Å². The largest absolute Gasteiger partial charge is 0.439 e. The molecule has 0 unspecified atom stereocenters. The van der Waals surface area contributed by atoms with Gasteiger partial charge in [0.05, 0.1) is 0 Å². The van der Waals surface area contributed by atoms with E-state index < -0.39 is 26.6 Å². The molecule has 0 bridgehead atoms. The van der Waals surface area contributed by atoms with Gasteiger partial charge in [-0.05, 0) is 31.2 Å². The number of nitrogens with zero attached hydrogens (tertiary/aromatic N) is 4. The van der Waals surface area contributed by atoms with E-state index in [2.05, 4.69) is 9.97 Å². The minimum atomic E-state index is -4.06. The van der Waals surface area contributed by atoms with Crippen molar-refractivity contribution in [2.24, 2.45) is 0 Å². The lowest BCUT2D eigenvalue weighted by Gasteiger charge is -2.34. The average molecular weight is 446 g/mol. The molecule has 1 aromatic heterocycles. The van der Waals surface area contributed by atoms with Crippen molar-refractivity contribution < 1.29 is 21.9 Å². The van der Waals surface area contributed by atoms with Crippen LogP contribution in [0.25, 0.3) is 0 Å². The highest BCUT2D eigenvalue weighted by Crippen LogP contribution is 2.26. The Bertz CT molecular complexity index is 1180. The minimum Gasteiger partial charge on any atom is -0.439 e. The van der Waals surface area contributed by atoms with Crippen molar-refractivity contribution in [3.63, 3.8) is 0 Å². The van der Waals surface area contributed by atoms with Crippen LogP contribution >= 0.6 is 0 Å². The lowest BCUT2D eigenvalue weighted by molar-refractivity contribution is 0.380. The minimum absolute atomic E-state index is 0.136. The molecular weight excluding hydrogens is 426 g/mol. The van der Waals surface area contributed by atoms with Crippen LogP contribution in [0.3, 0.4) is 0 Å². The molecule has 31 heavy (non-hydrogen) atoms. The van der Waals surface area contributed by atoms with Gasteiger partial charge in [0.2, 0.25) is 15.9 Å². The number of benzene rings is 2. The Morgan fingerprint density at radius 2 is 1.65 bits per heavy atom. The Hall–Kier alpha value is -3.11. The maximum absolute atomic E-state index is 14.0. The number of ether oxygens (including phenoxy) is 1. The zero-order chi connectivity index (χ0) is 22.0. The molecule has 0 N–H and O–H groups in total. The molecule has 1 fully saturated rings. The number of piperazine rings is 1. The lowest BCUT2D eigenvalue weighted by Crippen LogP contribution is -2.49. The fourth-order valence-corrected chi connectivity index (χ4v) is 4.80. The Morgan fingerprint density at radius 1 is 0.935 bits per heavy atom. The summed E-state index contributed by atoms with van der Waals surface area (Å²) in [6, 6.07) is 13.4. The van der Waals surface area contributed by atoms with Gasteiger partial charge in [0.1, 0.15) is 33.9 Å². The molecule has 1 saturated heterocycles. The van der Waals surface area contributed by atoms with Gasteiger partial charge in [-0.2, -0.15) is 9.29 Å². The predicted molar refractivity (Wildman–Crippen MR) is 111 cm³/mol. The van der Waals surface area contributed by atoms with Gasteiger partial charge in [0, 0.05) is 38.3 Å². The van der Waals surface area contributed by atoms with E-state index >= 15 is 0 Å². The Labute approximate surface area is 179 Å². The molecule has 2 heterocycles. The first kappa shape index (κ1) is 21.1. The molecule has 0 spiro atoms. The molecule has 162 valence electrons. The van der Waals surface area contributed by atoms with Crippen molar-refractivity contribution in [1.29, 1.82) is 0 Å². The van der Waals surface area contributed by atoms with E-state index in [9.17, 15) is 17.2 Å². The monoisotopic (exact) mass is 446 g/mol. The molecule has 7 nitrogen and oxygen atoms in total. The second-order valence-electron chi connectivity index (χ2n) is 6.99. The van der Waals surface area contributed by atoms with Gasteiger partial charge in [-0.3, -0.25) is 0 Å². The van der Waals surface area contributed by atoms with Crippen molar-refractivity contribution in [3.05, 3.63) is 72.1 Å². The Kier molecular flexibility index (Phi) is 5.84. The Morgan fingerprint density at radius 3 is 2.32 bits per heavy atom. The summed E-state index contributed by atoms with van der Waals surface area (Å²) in [5.74, 6) is 0.238. The molecular formula is C21H20F2N4O3S. The molecule has 0 aliphatic carbocycles. The second kappa shape index (κ2) is 8.56. The number of sulfonamides is 1. The molecule has 1 aliphatic heterocycles. The number of aryl methyl sites for hydroxylation is 1. The summed E-state index contributed by atoms with van der Waals surface area (Å²) >= 11 is 0. The van der Waals surface area contributed by atoms with Crippen LogP contribution in [0.1, 0.15) is 5.82 Å². The molecule has 2 aromatic carbocycles. The van der Waals surface area contributed by atoms with Crippen LogP contribution in [-0.4, -0.2) is 48.9 Å². The first-order chi connectivity index (χ1) is 14.8. The topological polar surface area (TPSA) is 75.6 Å². The fraction of sp³-hybridized carbons (Fsp3) is 0.238. The van der Waals surface area contributed by atoms with E-state index in [1.165, 1.54) is 4.31 Å². The van der Waals surface area contributed by atoms with Crippen LogP contribution < -0.4 is 9.64 Å². The molecule has 0 amide bonds. The van der Waals surface area contributed by atoms with Crippen molar-refractivity contribution in [2.45, 2.75) is 11.8 Å². The molecule has 0 radical (unpaired) electrons. The van der Waals surface area contributed by atoms with E-state index in [0.29, 0.717) is 42.4 Å². The quantitative estimate of drug-likeness (QED) is 0.598. The fourth-order valence-electron chi connectivity index (χ4n) is 3.33. The summed E-state index contributed by atoms with van der Waals surface area (Å²) in [4.78, 5) is 10.1. The van der Waals surface area contributed by atoms with Crippen molar-refractivity contribution in [2.75, 3.05) is 31.1 Å². The van der Waals surface area contributed by atoms with Crippen LogP contribution in [0.5, 0.6) is 11.6 Å². The van der Waals surface area contributed by atoms with Crippen LogP contribution in [0, 0.1) is 18.6 Å². The highest BCUT2D eigenvalue weighted by molar-refractivity contribution is 7.89. The molecule has 0 atom stereocenters. The third-order valence-corrected chi connectivity index (χ3v) is 6.77. The van der Waals surface area contributed by atoms with Crippen LogP contribution in [0.2, 0.25) is 0 Å². The first-order valence-electron chi connectivity index (χ1n) is 9.62. The van der Waals surface area contributed by atoms with Gasteiger partial charge in [-0.25, -0.2) is 22.2 Å². The second-order valence-corrected chi connectivity index (χ2v) is 8.90. The van der Waals surface area contributed by atoms with E-state index in [-0.39, 0.29) is 13.1 Å². The van der Waals surface area contributed by atoms with E-state index in [1.54, 1.807) is 13.0 Å². The molecule has 10 heteroatoms. The standard InChI is InChI=1S/C21H20F2N4O3S/c1-15-24-20(14-21(25-15)30-17-5-3-2-4-6-17)26-9-11-27(12-10-26)31(28,29)19-8-7-16(22)13-18(19)23/h2-8,13-14H,9-12H2,1H3. The first-order valence-corrected chi connectivity index (χ1v) is 11.1. The normalized spacial score (nSPS) is 15.1. The number of hydrogen-bond donors (Lipinski definition) is 0. The lowest BCUT2D eigenvalue weighted by atomic mass is 10.3. The number of para-hydroxylation sites is 1. The summed E-state index contributed by atoms with van der Waals surface area (Å²) < 4.78 is 59.7. The van der Waals surface area contributed by atoms with E-state index in [4.69, 9.17) is 4.74 Å². The van der Waals surface area contributed by atoms with Gasteiger partial charge < -0.3 is 9.64 Å². The third kappa shape index (κ3) is 4.64. The van der Waals surface area contributed by atoms with Crippen molar-refractivity contribution >= 4 is 15.8 Å². The maximum Gasteiger partial charge on any atom is 0.246 e. The average Bonchev–Trinajstić information content (AvgIpc) is 2.74. The number of aromatic nitrogens is 2. The van der Waals surface area contributed by atoms with Crippen LogP contribution in [0.4, 0.5) is 14.6 Å². The van der Waals surface area contributed by atoms with Crippen LogP contribution in [-0.2, 0) is 10.0 Å². The molecule has 0 saturated carbocycles. The van der Waals surface area contributed by atoms with Gasteiger partial charge in [0.15, 0.2) is 0 Å². The van der Waals surface area contributed by atoms with Gasteiger partial charge in [-0.15, -0.1) is 0 Å². The SMILES string of the molecule is Cc1nc(Oc2ccccc2)cc(N2CCN(S(=O)(=O)c3ccc(F)cc3F)CC2)n1. The summed E-state index contributed by atoms with van der Waals surface area (Å²) in [6.45, 7) is 2.72. The van der Waals surface area contributed by atoms with Gasteiger partial charge in [-0.1, -0.05) is 18.2 Å². The summed E-state index contributed by atoms with van der Waals surface area (Å²) in [5.41, 5.74) is 0. The van der Waals surface area contributed by atoms with Gasteiger partial charge >= 0.3 is 0 Å². The number of rotatable bonds is 5. The van der Waals surface area contributed by atoms with Gasteiger partial charge in [0.25, 0.3) is 0 Å². The summed E-state index contributed by atoms with van der Waals surface area (Å²) in [7, 11) is -4.06. The maximum atomic E-state index is 14.0. The molecule has 3 aromatic rings. The van der Waals surface area contributed by atoms with Crippen molar-refractivity contribution in [3.8, 4) is 11.6 Å². The number of anilines is 1. The number of halogens is 2. The smallest absolute Gasteiger partial charge is 0.246 e. The zero-order valence-electron chi connectivity index (χ0n) is 16.7. The summed E-state index contributed by atoms with van der Waals surface area (Å²) in [5, 5.41) is 0.